The van der Waals surface area contributed by atoms with Gasteiger partial charge in [0.15, 0.2) is 10.9 Å². The number of thioether (sulfide) groups is 1. The predicted molar refractivity (Wildman–Crippen MR) is 106 cm³/mol. The average molecular weight is 396 g/mol. The Morgan fingerprint density at radius 2 is 2.04 bits per heavy atom. The van der Waals surface area contributed by atoms with Gasteiger partial charge in [-0.05, 0) is 32.0 Å². The molecule has 8 heteroatoms. The molecule has 3 aromatic heterocycles. The molecule has 0 bridgehead atoms. The fourth-order valence-corrected chi connectivity index (χ4v) is 4.23. The second-order valence-corrected chi connectivity index (χ2v) is 7.69. The van der Waals surface area contributed by atoms with Gasteiger partial charge < -0.3 is 4.42 Å². The Kier molecular flexibility index (Phi) is 4.91. The van der Waals surface area contributed by atoms with E-state index in [9.17, 15) is 4.79 Å². The molecule has 0 radical (unpaired) electrons. The van der Waals surface area contributed by atoms with Gasteiger partial charge in [-0.25, -0.2) is 4.98 Å². The zero-order chi connectivity index (χ0) is 18.8. The van der Waals surface area contributed by atoms with Crippen LogP contribution in [0.1, 0.15) is 21.7 Å². The molecule has 27 heavy (non-hydrogen) atoms. The van der Waals surface area contributed by atoms with Crippen LogP contribution in [0.2, 0.25) is 0 Å². The first-order chi connectivity index (χ1) is 13.1. The van der Waals surface area contributed by atoms with E-state index in [4.69, 9.17) is 4.42 Å². The molecule has 0 saturated heterocycles. The van der Waals surface area contributed by atoms with E-state index >= 15 is 0 Å². The minimum absolute atomic E-state index is 0.0235. The minimum Gasteiger partial charge on any atom is -0.411 e. The fourth-order valence-electron chi connectivity index (χ4n) is 2.84. The van der Waals surface area contributed by atoms with Crippen LogP contribution in [0.15, 0.2) is 57.6 Å². The molecule has 0 unspecified atom stereocenters. The van der Waals surface area contributed by atoms with Gasteiger partial charge >= 0.3 is 0 Å². The summed E-state index contributed by atoms with van der Waals surface area (Å²) in [5, 5.41) is 11.2. The van der Waals surface area contributed by atoms with Crippen molar-refractivity contribution >= 4 is 28.9 Å². The highest BCUT2D eigenvalue weighted by Gasteiger charge is 2.19. The highest BCUT2D eigenvalue weighted by molar-refractivity contribution is 7.99. The summed E-state index contributed by atoms with van der Waals surface area (Å²) < 4.78 is 7.65. The molecule has 0 fully saturated rings. The smallest absolute Gasteiger partial charge is 0.277 e. The molecule has 0 saturated carbocycles. The first kappa shape index (κ1) is 17.7. The van der Waals surface area contributed by atoms with Crippen molar-refractivity contribution in [2.45, 2.75) is 19.1 Å². The summed E-state index contributed by atoms with van der Waals surface area (Å²) in [6.45, 7) is 3.91. The Balaban J connectivity index is 1.48. The second kappa shape index (κ2) is 7.50. The van der Waals surface area contributed by atoms with Gasteiger partial charge in [0.1, 0.15) is 0 Å². The van der Waals surface area contributed by atoms with Gasteiger partial charge in [-0.3, -0.25) is 9.36 Å². The number of aryl methyl sites for hydroxylation is 1. The van der Waals surface area contributed by atoms with E-state index in [1.165, 1.54) is 11.8 Å². The summed E-state index contributed by atoms with van der Waals surface area (Å²) in [6, 6.07) is 11.5. The molecule has 6 nitrogen and oxygen atoms in total. The molecule has 4 rings (SSSR count). The third-order valence-electron chi connectivity index (χ3n) is 4.10. The zero-order valence-electron chi connectivity index (χ0n) is 14.7. The van der Waals surface area contributed by atoms with Gasteiger partial charge in [-0.15, -0.1) is 21.5 Å². The quantitative estimate of drug-likeness (QED) is 0.351. The first-order valence-corrected chi connectivity index (χ1v) is 10.1. The Morgan fingerprint density at radius 3 is 2.78 bits per heavy atom. The second-order valence-electron chi connectivity index (χ2n) is 5.89. The number of Topliss-reactive ketones (excluding diaryl/α,β-unsaturated/α-hetero) is 1. The average Bonchev–Trinajstić information content (AvgIpc) is 3.41. The molecule has 0 aliphatic rings. The van der Waals surface area contributed by atoms with E-state index in [1.54, 1.807) is 17.5 Å². The number of benzene rings is 1. The van der Waals surface area contributed by atoms with Gasteiger partial charge in [0, 0.05) is 34.1 Å². The molecule has 3 heterocycles. The third kappa shape index (κ3) is 3.58. The van der Waals surface area contributed by atoms with Crippen LogP contribution in [0.4, 0.5) is 0 Å². The number of hydrogen-bond acceptors (Lipinski definition) is 7. The molecule has 1 aromatic carbocycles. The number of rotatable bonds is 6. The number of hydrogen-bond donors (Lipinski definition) is 0. The van der Waals surface area contributed by atoms with Gasteiger partial charge in [0.05, 0.1) is 5.75 Å². The number of carbonyl (C=O) groups excluding carboxylic acids is 1. The van der Waals surface area contributed by atoms with Crippen LogP contribution in [-0.2, 0) is 0 Å². The van der Waals surface area contributed by atoms with Crippen molar-refractivity contribution in [2.75, 3.05) is 5.75 Å². The Labute approximate surface area is 164 Å². The molecule has 0 aliphatic carbocycles. The maximum atomic E-state index is 12.7. The van der Waals surface area contributed by atoms with Gasteiger partial charge in [0.25, 0.3) is 5.22 Å². The third-order valence-corrected chi connectivity index (χ3v) is 5.67. The lowest BCUT2D eigenvalue weighted by atomic mass is 10.2. The SMILES string of the molecule is Cc1cc(C(=O)CSc2nnc(-c3ccccc3)o2)c(C)n1-c1nccs1. The lowest BCUT2D eigenvalue weighted by Gasteiger charge is -2.05. The van der Waals surface area contributed by atoms with Crippen molar-refractivity contribution in [3.63, 3.8) is 0 Å². The molecule has 0 spiro atoms. The van der Waals surface area contributed by atoms with E-state index in [0.29, 0.717) is 16.7 Å². The summed E-state index contributed by atoms with van der Waals surface area (Å²) in [4.78, 5) is 17.0. The lowest BCUT2D eigenvalue weighted by Crippen LogP contribution is -2.05. The highest BCUT2D eigenvalue weighted by atomic mass is 32.2. The fraction of sp³-hybridized carbons (Fsp3) is 0.158. The topological polar surface area (TPSA) is 73.8 Å². The van der Waals surface area contributed by atoms with Gasteiger partial charge in [0.2, 0.25) is 5.89 Å². The normalized spacial score (nSPS) is 11.0. The zero-order valence-corrected chi connectivity index (χ0v) is 16.4. The van der Waals surface area contributed by atoms with Crippen molar-refractivity contribution in [1.29, 1.82) is 0 Å². The molecule has 0 N–H and O–H groups in total. The Bertz CT molecular complexity index is 1070. The van der Waals surface area contributed by atoms with Crippen LogP contribution >= 0.6 is 23.1 Å². The number of carbonyl (C=O) groups is 1. The number of nitrogens with zero attached hydrogens (tertiary/aromatic N) is 4. The summed E-state index contributed by atoms with van der Waals surface area (Å²) in [7, 11) is 0. The van der Waals surface area contributed by atoms with Crippen LogP contribution in [0.25, 0.3) is 16.6 Å². The van der Waals surface area contributed by atoms with Crippen molar-refractivity contribution in [1.82, 2.24) is 19.7 Å². The van der Waals surface area contributed by atoms with Crippen LogP contribution in [0, 0.1) is 13.8 Å². The Hall–Kier alpha value is -2.71. The van der Waals surface area contributed by atoms with Crippen molar-refractivity contribution in [3.05, 3.63) is 64.9 Å². The van der Waals surface area contributed by atoms with Crippen molar-refractivity contribution in [2.24, 2.45) is 0 Å². The van der Waals surface area contributed by atoms with E-state index in [2.05, 4.69) is 15.2 Å². The molecular formula is C19H16N4O2S2. The van der Waals surface area contributed by atoms with E-state index < -0.39 is 0 Å². The van der Waals surface area contributed by atoms with Crippen LogP contribution < -0.4 is 0 Å². The summed E-state index contributed by atoms with van der Waals surface area (Å²) in [5.74, 6) is 0.710. The van der Waals surface area contributed by atoms with Crippen LogP contribution in [0.3, 0.4) is 0 Å². The summed E-state index contributed by atoms with van der Waals surface area (Å²) in [6.07, 6.45) is 1.76. The summed E-state index contributed by atoms with van der Waals surface area (Å²) >= 11 is 2.79. The predicted octanol–water partition coefficient (Wildman–Crippen LogP) is 4.58. The van der Waals surface area contributed by atoms with Crippen molar-refractivity contribution in [3.8, 4) is 16.6 Å². The van der Waals surface area contributed by atoms with Crippen molar-refractivity contribution < 1.29 is 9.21 Å². The van der Waals surface area contributed by atoms with Crippen LogP contribution in [0.5, 0.6) is 0 Å². The largest absolute Gasteiger partial charge is 0.411 e. The maximum absolute atomic E-state index is 12.7. The van der Waals surface area contributed by atoms with E-state index in [-0.39, 0.29) is 11.5 Å². The first-order valence-electron chi connectivity index (χ1n) is 8.27. The molecule has 136 valence electrons. The maximum Gasteiger partial charge on any atom is 0.277 e. The molecular weight excluding hydrogens is 380 g/mol. The highest BCUT2D eigenvalue weighted by Crippen LogP contribution is 2.26. The number of aromatic nitrogens is 4. The van der Waals surface area contributed by atoms with E-state index in [0.717, 1.165) is 22.1 Å². The number of thiazole rings is 1. The molecule has 4 aromatic rings. The standard InChI is InChI=1S/C19H16N4O2S2/c1-12-10-15(13(2)23(12)18-20-8-9-26-18)16(24)11-27-19-22-21-17(25-19)14-6-4-3-5-7-14/h3-10H,11H2,1-2H3. The molecule has 0 atom stereocenters. The minimum atomic E-state index is 0.0235. The van der Waals surface area contributed by atoms with Gasteiger partial charge in [-0.1, -0.05) is 30.0 Å². The molecule has 0 aliphatic heterocycles. The van der Waals surface area contributed by atoms with Gasteiger partial charge in [-0.2, -0.15) is 0 Å². The Morgan fingerprint density at radius 1 is 1.22 bits per heavy atom. The van der Waals surface area contributed by atoms with E-state index in [1.807, 2.05) is 60.2 Å². The molecule has 0 amide bonds. The van der Waals surface area contributed by atoms with Crippen LogP contribution in [-0.4, -0.2) is 31.3 Å². The number of ketones is 1. The monoisotopic (exact) mass is 396 g/mol. The lowest BCUT2D eigenvalue weighted by molar-refractivity contribution is 0.102. The summed E-state index contributed by atoms with van der Waals surface area (Å²) in [5.41, 5.74) is 3.43.